The summed E-state index contributed by atoms with van der Waals surface area (Å²) in [5.74, 6) is -0.397. The number of carbonyl (C=O) groups excluding carboxylic acids is 1. The third-order valence-electron chi connectivity index (χ3n) is 2.41. The zero-order valence-corrected chi connectivity index (χ0v) is 8.84. The van der Waals surface area contributed by atoms with Crippen molar-refractivity contribution in [2.45, 2.75) is 6.42 Å². The summed E-state index contributed by atoms with van der Waals surface area (Å²) in [6.07, 6.45) is 3.11. The van der Waals surface area contributed by atoms with E-state index in [1.54, 1.807) is 18.2 Å². The number of carboxylic acid groups (broad SMARTS) is 1. The highest BCUT2D eigenvalue weighted by Gasteiger charge is 2.16. The molecule has 0 fully saturated rings. The lowest BCUT2D eigenvalue weighted by molar-refractivity contribution is -0.131. The predicted molar refractivity (Wildman–Crippen MR) is 59.9 cm³/mol. The fourth-order valence-corrected chi connectivity index (χ4v) is 1.72. The summed E-state index contributed by atoms with van der Waals surface area (Å²) in [4.78, 5) is 24.3. The molecule has 1 aromatic rings. The van der Waals surface area contributed by atoms with Crippen molar-refractivity contribution in [1.29, 1.82) is 0 Å². The Hall–Kier alpha value is -2.39. The van der Waals surface area contributed by atoms with Crippen molar-refractivity contribution >= 4 is 23.3 Å². The first-order valence-electron chi connectivity index (χ1n) is 4.99. The lowest BCUT2D eigenvalue weighted by atomic mass is 9.99. The standard InChI is InChI=1S/C12H9NO4/c14-7-13-9-1-2-11-10(6-9)8(3-4-17-11)5-12(15)16/h1-2,5-6H,3-4H2,(H,15,16). The van der Waals surface area contributed by atoms with Gasteiger partial charge in [-0.15, -0.1) is 0 Å². The predicted octanol–water partition coefficient (Wildman–Crippen LogP) is 1.90. The van der Waals surface area contributed by atoms with Gasteiger partial charge in [-0.05, 0) is 23.8 Å². The van der Waals surface area contributed by atoms with E-state index in [2.05, 4.69) is 4.99 Å². The highest BCUT2D eigenvalue weighted by atomic mass is 16.5. The smallest absolute Gasteiger partial charge is 0.328 e. The quantitative estimate of drug-likeness (QED) is 0.479. The van der Waals surface area contributed by atoms with E-state index in [1.807, 2.05) is 0 Å². The molecule has 0 aromatic heterocycles. The van der Waals surface area contributed by atoms with Crippen LogP contribution in [0.5, 0.6) is 5.75 Å². The Kier molecular flexibility index (Phi) is 3.03. The maximum Gasteiger partial charge on any atom is 0.328 e. The lowest BCUT2D eigenvalue weighted by Crippen LogP contribution is -2.08. The average Bonchev–Trinajstić information content (AvgIpc) is 2.29. The summed E-state index contributed by atoms with van der Waals surface area (Å²) < 4.78 is 5.39. The summed E-state index contributed by atoms with van der Waals surface area (Å²) in [5, 5.41) is 8.76. The number of aliphatic imine (C=N–C) groups is 1. The van der Waals surface area contributed by atoms with Crippen molar-refractivity contribution in [2.75, 3.05) is 6.61 Å². The molecule has 1 aliphatic rings. The van der Waals surface area contributed by atoms with E-state index in [0.29, 0.717) is 35.6 Å². The third kappa shape index (κ3) is 2.41. The molecule has 5 nitrogen and oxygen atoms in total. The van der Waals surface area contributed by atoms with Crippen LogP contribution in [0.25, 0.3) is 5.57 Å². The third-order valence-corrected chi connectivity index (χ3v) is 2.41. The number of benzene rings is 1. The summed E-state index contributed by atoms with van der Waals surface area (Å²) in [5.41, 5.74) is 1.76. The Balaban J connectivity index is 2.51. The van der Waals surface area contributed by atoms with Crippen LogP contribution < -0.4 is 4.74 Å². The van der Waals surface area contributed by atoms with Crippen molar-refractivity contribution in [3.8, 4) is 5.75 Å². The molecule has 0 aliphatic carbocycles. The molecule has 0 bridgehead atoms. The van der Waals surface area contributed by atoms with Gasteiger partial charge in [0.15, 0.2) is 0 Å². The Morgan fingerprint density at radius 3 is 3.06 bits per heavy atom. The number of fused-ring (bicyclic) bond motifs is 1. The van der Waals surface area contributed by atoms with E-state index in [4.69, 9.17) is 9.84 Å². The number of rotatable bonds is 2. The van der Waals surface area contributed by atoms with Gasteiger partial charge in [0, 0.05) is 18.1 Å². The molecule has 0 amide bonds. The minimum absolute atomic E-state index is 0.431. The number of aliphatic carboxylic acids is 1. The molecule has 0 radical (unpaired) electrons. The zero-order valence-electron chi connectivity index (χ0n) is 8.84. The fraction of sp³-hybridized carbons (Fsp3) is 0.167. The highest BCUT2D eigenvalue weighted by molar-refractivity contribution is 5.91. The van der Waals surface area contributed by atoms with Crippen LogP contribution >= 0.6 is 0 Å². The Morgan fingerprint density at radius 2 is 2.35 bits per heavy atom. The first-order chi connectivity index (χ1) is 8.20. The minimum atomic E-state index is -1.00. The second kappa shape index (κ2) is 4.63. The second-order valence-electron chi connectivity index (χ2n) is 3.49. The van der Waals surface area contributed by atoms with Gasteiger partial charge < -0.3 is 9.84 Å². The largest absolute Gasteiger partial charge is 0.493 e. The number of carbonyl (C=O) groups is 1. The highest BCUT2D eigenvalue weighted by Crippen LogP contribution is 2.35. The molecule has 5 heteroatoms. The molecule has 0 unspecified atom stereocenters. The first-order valence-corrected chi connectivity index (χ1v) is 4.99. The van der Waals surface area contributed by atoms with Gasteiger partial charge in [-0.1, -0.05) is 0 Å². The Labute approximate surface area is 97.1 Å². The van der Waals surface area contributed by atoms with Gasteiger partial charge in [0.25, 0.3) is 0 Å². The van der Waals surface area contributed by atoms with E-state index in [-0.39, 0.29) is 0 Å². The molecule has 1 heterocycles. The van der Waals surface area contributed by atoms with E-state index < -0.39 is 5.97 Å². The maximum atomic E-state index is 10.7. The number of carboxylic acids is 1. The SMILES string of the molecule is O=C=Nc1ccc2c(c1)C(=CC(=O)O)CCO2. The van der Waals surface area contributed by atoms with E-state index in [9.17, 15) is 9.59 Å². The van der Waals surface area contributed by atoms with Gasteiger partial charge in [-0.3, -0.25) is 0 Å². The average molecular weight is 231 g/mol. The van der Waals surface area contributed by atoms with Gasteiger partial charge in [-0.25, -0.2) is 9.59 Å². The van der Waals surface area contributed by atoms with E-state index in [1.165, 1.54) is 6.08 Å². The molecular formula is C12H9NO4. The van der Waals surface area contributed by atoms with Crippen LogP contribution in [-0.2, 0) is 9.59 Å². The zero-order chi connectivity index (χ0) is 12.3. The molecule has 1 aromatic carbocycles. The molecule has 0 atom stereocenters. The van der Waals surface area contributed by atoms with Crippen LogP contribution in [0.3, 0.4) is 0 Å². The molecule has 17 heavy (non-hydrogen) atoms. The van der Waals surface area contributed by atoms with Crippen LogP contribution in [0.2, 0.25) is 0 Å². The van der Waals surface area contributed by atoms with E-state index in [0.717, 1.165) is 6.08 Å². The number of nitrogens with zero attached hydrogens (tertiary/aromatic N) is 1. The molecule has 1 N–H and O–H groups in total. The van der Waals surface area contributed by atoms with Crippen molar-refractivity contribution < 1.29 is 19.4 Å². The summed E-state index contributed by atoms with van der Waals surface area (Å²) in [6, 6.07) is 4.90. The fourth-order valence-electron chi connectivity index (χ4n) is 1.72. The van der Waals surface area contributed by atoms with Gasteiger partial charge in [0.1, 0.15) is 5.75 Å². The monoisotopic (exact) mass is 231 g/mol. The normalized spacial score (nSPS) is 15.6. The van der Waals surface area contributed by atoms with Crippen molar-refractivity contribution in [2.24, 2.45) is 4.99 Å². The van der Waals surface area contributed by atoms with Crippen LogP contribution in [0.1, 0.15) is 12.0 Å². The van der Waals surface area contributed by atoms with Gasteiger partial charge in [0.2, 0.25) is 6.08 Å². The van der Waals surface area contributed by atoms with E-state index >= 15 is 0 Å². The maximum absolute atomic E-state index is 10.7. The van der Waals surface area contributed by atoms with Crippen molar-refractivity contribution in [3.05, 3.63) is 29.8 Å². The Morgan fingerprint density at radius 1 is 1.53 bits per heavy atom. The Bertz CT molecular complexity index is 541. The van der Waals surface area contributed by atoms with Crippen LogP contribution in [0.15, 0.2) is 29.3 Å². The van der Waals surface area contributed by atoms with Gasteiger partial charge in [-0.2, -0.15) is 4.99 Å². The van der Waals surface area contributed by atoms with Crippen molar-refractivity contribution in [1.82, 2.24) is 0 Å². The van der Waals surface area contributed by atoms with Gasteiger partial charge >= 0.3 is 5.97 Å². The van der Waals surface area contributed by atoms with Crippen LogP contribution in [0.4, 0.5) is 5.69 Å². The van der Waals surface area contributed by atoms with Crippen molar-refractivity contribution in [3.63, 3.8) is 0 Å². The molecule has 0 saturated heterocycles. The van der Waals surface area contributed by atoms with Gasteiger partial charge in [0.05, 0.1) is 12.3 Å². The molecule has 86 valence electrons. The topological polar surface area (TPSA) is 76.0 Å². The summed E-state index contributed by atoms with van der Waals surface area (Å²) >= 11 is 0. The summed E-state index contributed by atoms with van der Waals surface area (Å²) in [7, 11) is 0. The second-order valence-corrected chi connectivity index (χ2v) is 3.49. The molecular weight excluding hydrogens is 222 g/mol. The number of isocyanates is 1. The number of ether oxygens (including phenoxy) is 1. The van der Waals surface area contributed by atoms with Crippen LogP contribution in [0, 0.1) is 0 Å². The first kappa shape index (κ1) is 11.1. The summed E-state index contributed by atoms with van der Waals surface area (Å²) in [6.45, 7) is 0.447. The molecule has 1 aliphatic heterocycles. The van der Waals surface area contributed by atoms with Crippen LogP contribution in [-0.4, -0.2) is 23.8 Å². The molecule has 0 spiro atoms. The minimum Gasteiger partial charge on any atom is -0.493 e. The molecule has 2 rings (SSSR count). The molecule has 0 saturated carbocycles. The lowest BCUT2D eigenvalue weighted by Gasteiger charge is -2.19. The number of hydrogen-bond acceptors (Lipinski definition) is 4. The number of hydrogen-bond donors (Lipinski definition) is 1.